The van der Waals surface area contributed by atoms with Gasteiger partial charge in [0.25, 0.3) is 0 Å². The number of benzene rings is 2. The van der Waals surface area contributed by atoms with Crippen LogP contribution in [0, 0.1) is 5.82 Å². The van der Waals surface area contributed by atoms with Gasteiger partial charge in [0.15, 0.2) is 12.2 Å². The van der Waals surface area contributed by atoms with Crippen LogP contribution in [0.3, 0.4) is 0 Å². The van der Waals surface area contributed by atoms with E-state index in [1.165, 1.54) is 17.2 Å². The number of carboxylic acids is 2. The van der Waals surface area contributed by atoms with Crippen LogP contribution in [-0.2, 0) is 22.4 Å². The van der Waals surface area contributed by atoms with E-state index in [-0.39, 0.29) is 5.82 Å². The molecule has 0 bridgehead atoms. The van der Waals surface area contributed by atoms with Gasteiger partial charge in [-0.2, -0.15) is 0 Å². The maximum atomic E-state index is 13.7. The Bertz CT molecular complexity index is 947. The molecule has 9 heteroatoms. The molecule has 31 heavy (non-hydrogen) atoms. The summed E-state index contributed by atoms with van der Waals surface area (Å²) in [6.45, 7) is 1.94. The summed E-state index contributed by atoms with van der Waals surface area (Å²) in [6.07, 6.45) is 1.16. The second-order valence-corrected chi connectivity index (χ2v) is 7.18. The van der Waals surface area contributed by atoms with Crippen molar-refractivity contribution in [2.24, 2.45) is 0 Å². The molecule has 0 fully saturated rings. The van der Waals surface area contributed by atoms with Crippen molar-refractivity contribution in [3.63, 3.8) is 0 Å². The Hall–Kier alpha value is -2.78. The Balaban J connectivity index is 0.000000291. The first-order valence-electron chi connectivity index (χ1n) is 9.47. The van der Waals surface area contributed by atoms with E-state index in [4.69, 9.17) is 32.0 Å². The van der Waals surface area contributed by atoms with Crippen LogP contribution in [0.15, 0.2) is 36.4 Å². The highest BCUT2D eigenvalue weighted by atomic mass is 35.5. The summed E-state index contributed by atoms with van der Waals surface area (Å²) in [5.74, 6) is -3.75. The number of hydrogen-bond donors (Lipinski definition) is 5. The summed E-state index contributed by atoms with van der Waals surface area (Å²) < 4.78 is 13.7. The molecule has 2 aromatic rings. The van der Waals surface area contributed by atoms with E-state index in [0.717, 1.165) is 36.5 Å². The van der Waals surface area contributed by atoms with E-state index >= 15 is 0 Å². The van der Waals surface area contributed by atoms with Crippen LogP contribution < -0.4 is 5.32 Å². The van der Waals surface area contributed by atoms with Crippen molar-refractivity contribution in [1.29, 1.82) is 0 Å². The van der Waals surface area contributed by atoms with Crippen LogP contribution in [0.25, 0.3) is 12.2 Å². The number of halogens is 2. The lowest BCUT2D eigenvalue weighted by Gasteiger charge is -2.11. The molecule has 7 nitrogen and oxygen atoms in total. The molecule has 2 atom stereocenters. The van der Waals surface area contributed by atoms with Gasteiger partial charge in [-0.3, -0.25) is 0 Å². The minimum Gasteiger partial charge on any atom is -0.479 e. The fourth-order valence-electron chi connectivity index (χ4n) is 3.01. The highest BCUT2D eigenvalue weighted by molar-refractivity contribution is 6.32. The normalized spacial score (nSPS) is 15.2. The SMILES string of the molecule is Fc1ccccc1/C=C\c1c(Cl)ccc2c1CCNCC2.O=C(O)[C@H](O)[C@@H](O)C(=O)O. The molecule has 0 amide bonds. The Kier molecular flexibility index (Phi) is 9.14. The van der Waals surface area contributed by atoms with Crippen LogP contribution in [0.1, 0.15) is 22.3 Å². The molecule has 3 rings (SSSR count). The fraction of sp³-hybridized carbons (Fsp3) is 0.273. The van der Waals surface area contributed by atoms with Gasteiger partial charge in [0.1, 0.15) is 5.82 Å². The third kappa shape index (κ3) is 6.86. The zero-order valence-electron chi connectivity index (χ0n) is 16.5. The number of carboxylic acid groups (broad SMARTS) is 2. The van der Waals surface area contributed by atoms with Gasteiger partial charge in [-0.15, -0.1) is 0 Å². The number of hydrogen-bond acceptors (Lipinski definition) is 5. The van der Waals surface area contributed by atoms with E-state index < -0.39 is 24.1 Å². The Morgan fingerprint density at radius 2 is 1.58 bits per heavy atom. The van der Waals surface area contributed by atoms with Crippen molar-refractivity contribution >= 4 is 35.7 Å². The molecule has 5 N–H and O–H groups in total. The lowest BCUT2D eigenvalue weighted by atomic mass is 9.96. The zero-order chi connectivity index (χ0) is 23.0. The van der Waals surface area contributed by atoms with Gasteiger partial charge in [0.2, 0.25) is 0 Å². The third-order valence-electron chi connectivity index (χ3n) is 4.66. The Labute approximate surface area is 183 Å². The molecule has 0 saturated heterocycles. The summed E-state index contributed by atoms with van der Waals surface area (Å²) in [6, 6.07) is 10.8. The number of nitrogens with one attached hydrogen (secondary N) is 1. The van der Waals surface area contributed by atoms with Gasteiger partial charge in [0.05, 0.1) is 0 Å². The minimum absolute atomic E-state index is 0.214. The predicted molar refractivity (Wildman–Crippen MR) is 114 cm³/mol. The molecule has 2 aromatic carbocycles. The summed E-state index contributed by atoms with van der Waals surface area (Å²) in [7, 11) is 0. The minimum atomic E-state index is -2.27. The first-order valence-corrected chi connectivity index (χ1v) is 9.85. The molecule has 0 radical (unpaired) electrons. The third-order valence-corrected chi connectivity index (χ3v) is 4.99. The Morgan fingerprint density at radius 1 is 0.968 bits per heavy atom. The van der Waals surface area contributed by atoms with Gasteiger partial charge in [-0.1, -0.05) is 48.0 Å². The maximum Gasteiger partial charge on any atom is 0.335 e. The van der Waals surface area contributed by atoms with Crippen molar-refractivity contribution in [1.82, 2.24) is 5.32 Å². The average molecular weight is 452 g/mol. The first-order chi connectivity index (χ1) is 14.7. The number of aliphatic hydroxyl groups is 2. The predicted octanol–water partition coefficient (Wildman–Crippen LogP) is 2.22. The molecule has 166 valence electrons. The lowest BCUT2D eigenvalue weighted by Crippen LogP contribution is -2.39. The number of aliphatic hydroxyl groups excluding tert-OH is 2. The van der Waals surface area contributed by atoms with Gasteiger partial charge in [0, 0.05) is 10.6 Å². The van der Waals surface area contributed by atoms with Gasteiger partial charge in [-0.05, 0) is 54.8 Å². The number of fused-ring (bicyclic) bond motifs is 1. The topological polar surface area (TPSA) is 127 Å². The van der Waals surface area contributed by atoms with Crippen molar-refractivity contribution < 1.29 is 34.4 Å². The second-order valence-electron chi connectivity index (χ2n) is 6.77. The standard InChI is InChI=1S/C18H17ClFN.C4H6O6/c19-17-8-6-13-9-11-21-12-10-15(13)16(17)7-5-14-3-1-2-4-18(14)20;5-1(3(7)8)2(6)4(9)10/h1-8,21H,9-12H2;1-2,5-6H,(H,7,8)(H,9,10)/b7-5-;/t;1-,2-/m.1/s1. The van der Waals surface area contributed by atoms with Crippen molar-refractivity contribution in [3.05, 3.63) is 69.5 Å². The number of carbonyl (C=O) groups is 2. The second kappa shape index (κ2) is 11.6. The van der Waals surface area contributed by atoms with Crippen molar-refractivity contribution in [2.75, 3.05) is 13.1 Å². The Morgan fingerprint density at radius 3 is 2.19 bits per heavy atom. The molecule has 0 aliphatic carbocycles. The highest BCUT2D eigenvalue weighted by Crippen LogP contribution is 2.27. The summed E-state index contributed by atoms with van der Waals surface area (Å²) in [5.41, 5.74) is 4.21. The summed E-state index contributed by atoms with van der Waals surface area (Å²) in [4.78, 5) is 19.5. The van der Waals surface area contributed by atoms with Crippen molar-refractivity contribution in [2.45, 2.75) is 25.0 Å². The molecular weight excluding hydrogens is 429 g/mol. The zero-order valence-corrected chi connectivity index (χ0v) is 17.2. The molecule has 0 aromatic heterocycles. The molecule has 1 aliphatic rings. The lowest BCUT2D eigenvalue weighted by molar-refractivity contribution is -0.165. The molecule has 1 heterocycles. The van der Waals surface area contributed by atoms with Crippen LogP contribution in [0.2, 0.25) is 5.02 Å². The van der Waals surface area contributed by atoms with E-state index in [0.29, 0.717) is 5.56 Å². The van der Waals surface area contributed by atoms with E-state index in [1.54, 1.807) is 18.2 Å². The smallest absolute Gasteiger partial charge is 0.335 e. The fourth-order valence-corrected chi connectivity index (χ4v) is 3.25. The molecular formula is C22H23ClFNO6. The van der Waals surface area contributed by atoms with Gasteiger partial charge >= 0.3 is 11.9 Å². The largest absolute Gasteiger partial charge is 0.479 e. The monoisotopic (exact) mass is 451 g/mol. The van der Waals surface area contributed by atoms with E-state index in [9.17, 15) is 14.0 Å². The molecule has 1 aliphatic heterocycles. The van der Waals surface area contributed by atoms with Gasteiger partial charge < -0.3 is 25.7 Å². The van der Waals surface area contributed by atoms with Crippen LogP contribution in [-0.4, -0.2) is 57.7 Å². The number of rotatable bonds is 5. The number of aliphatic carboxylic acids is 2. The molecule has 0 unspecified atom stereocenters. The first kappa shape index (κ1) is 24.5. The van der Waals surface area contributed by atoms with E-state index in [2.05, 4.69) is 11.4 Å². The van der Waals surface area contributed by atoms with Gasteiger partial charge in [-0.25, -0.2) is 14.0 Å². The average Bonchev–Trinajstić information content (AvgIpc) is 2.99. The molecule has 0 saturated carbocycles. The summed E-state index contributed by atoms with van der Waals surface area (Å²) in [5, 5.41) is 36.6. The van der Waals surface area contributed by atoms with Crippen LogP contribution in [0.5, 0.6) is 0 Å². The molecule has 0 spiro atoms. The quantitative estimate of drug-likeness (QED) is 0.441. The maximum absolute atomic E-state index is 13.7. The van der Waals surface area contributed by atoms with E-state index in [1.807, 2.05) is 18.2 Å². The van der Waals surface area contributed by atoms with Crippen molar-refractivity contribution in [3.8, 4) is 0 Å². The van der Waals surface area contributed by atoms with Crippen LogP contribution >= 0.6 is 11.6 Å². The highest BCUT2D eigenvalue weighted by Gasteiger charge is 2.29. The summed E-state index contributed by atoms with van der Waals surface area (Å²) >= 11 is 6.36. The van der Waals surface area contributed by atoms with Crippen LogP contribution in [0.4, 0.5) is 4.39 Å².